The predicted molar refractivity (Wildman–Crippen MR) is 176 cm³/mol. The minimum Gasteiger partial charge on any atom is -0.465 e. The van der Waals surface area contributed by atoms with Crippen LogP contribution in [0.5, 0.6) is 0 Å². The number of carbonyl (C=O) groups excluding carboxylic acids is 2. The second-order valence-electron chi connectivity index (χ2n) is 17.7. The van der Waals surface area contributed by atoms with E-state index in [1.807, 2.05) is 7.05 Å². The monoisotopic (exact) mass is 617 g/mol. The Morgan fingerprint density at radius 2 is 1.02 bits per heavy atom. The maximum Gasteiger partial charge on any atom is 0.311 e. The Bertz CT molecular complexity index is 823. The molecule has 43 heavy (non-hydrogen) atoms. The summed E-state index contributed by atoms with van der Waals surface area (Å²) in [4.78, 5) is 25.9. The van der Waals surface area contributed by atoms with Gasteiger partial charge in [-0.05, 0) is 35.0 Å². The number of quaternary nitrogens is 2. The first kappa shape index (κ1) is 41.8. The Hall–Kier alpha value is -1.22. The third-order valence-corrected chi connectivity index (χ3v) is 8.91. The van der Waals surface area contributed by atoms with Gasteiger partial charge in [0.05, 0.1) is 79.5 Å². The van der Waals surface area contributed by atoms with Crippen molar-refractivity contribution in [2.24, 2.45) is 27.6 Å². The quantitative estimate of drug-likeness (QED) is 0.127. The van der Waals surface area contributed by atoms with Crippen LogP contribution in [0.2, 0.25) is 0 Å². The highest BCUT2D eigenvalue weighted by molar-refractivity contribution is 5.70. The summed E-state index contributed by atoms with van der Waals surface area (Å²) >= 11 is 0. The molecule has 256 valence electrons. The first-order chi connectivity index (χ1) is 19.4. The van der Waals surface area contributed by atoms with Crippen molar-refractivity contribution in [3.63, 3.8) is 0 Å². The second-order valence-corrected chi connectivity index (χ2v) is 17.7. The molecule has 0 aliphatic heterocycles. The normalized spacial score (nSPS) is 16.1. The maximum atomic E-state index is 13.0. The highest BCUT2D eigenvalue weighted by atomic mass is 16.5. The summed E-state index contributed by atoms with van der Waals surface area (Å²) in [6.45, 7) is 28.9. The molecule has 0 amide bonds. The van der Waals surface area contributed by atoms with Crippen LogP contribution in [0.3, 0.4) is 0 Å². The van der Waals surface area contributed by atoms with E-state index in [1.54, 1.807) is 0 Å². The van der Waals surface area contributed by atoms with Crippen molar-refractivity contribution in [1.82, 2.24) is 0 Å². The van der Waals surface area contributed by atoms with Crippen molar-refractivity contribution in [3.05, 3.63) is 0 Å². The van der Waals surface area contributed by atoms with Gasteiger partial charge in [0.25, 0.3) is 0 Å². The summed E-state index contributed by atoms with van der Waals surface area (Å²) in [6.07, 6.45) is 3.33. The van der Waals surface area contributed by atoms with E-state index in [4.69, 9.17) is 9.47 Å². The van der Waals surface area contributed by atoms with E-state index in [0.29, 0.717) is 54.3 Å². The first-order valence-corrected chi connectivity index (χ1v) is 16.6. The molecule has 0 bridgehead atoms. The number of carbonyl (C=O) groups is 2. The number of hydrogen-bond donors (Lipinski definition) is 2. The van der Waals surface area contributed by atoms with Crippen molar-refractivity contribution in [1.29, 1.82) is 0 Å². The minimum absolute atomic E-state index is 0.0659. The molecular weight excluding hydrogens is 544 g/mol. The first-order valence-electron chi connectivity index (χ1n) is 16.6. The predicted octanol–water partition coefficient (Wildman–Crippen LogP) is 5.68. The third kappa shape index (κ3) is 19.0. The maximum absolute atomic E-state index is 13.0. The van der Waals surface area contributed by atoms with Gasteiger partial charge in [-0.3, -0.25) is 9.59 Å². The van der Waals surface area contributed by atoms with Gasteiger partial charge in [-0.25, -0.2) is 0 Å². The number of nitrogens with zero attached hydrogens (tertiary/aromatic N) is 2. The van der Waals surface area contributed by atoms with E-state index in [0.717, 1.165) is 32.4 Å². The Morgan fingerprint density at radius 3 is 1.40 bits per heavy atom. The number of rotatable bonds is 21. The van der Waals surface area contributed by atoms with Gasteiger partial charge < -0.3 is 28.7 Å². The van der Waals surface area contributed by atoms with Crippen LogP contribution in [0.15, 0.2) is 0 Å². The molecule has 0 aliphatic rings. The fraction of sp³-hybridized carbons (Fsp3) is 0.943. The summed E-state index contributed by atoms with van der Waals surface area (Å²) in [5.41, 5.74) is 0.0857. The average molecular weight is 617 g/mol. The van der Waals surface area contributed by atoms with E-state index < -0.39 is 0 Å². The zero-order valence-electron chi connectivity index (χ0n) is 30.6. The Morgan fingerprint density at radius 1 is 0.628 bits per heavy atom. The minimum atomic E-state index is -0.204. The summed E-state index contributed by atoms with van der Waals surface area (Å²) in [6, 6.07) is 0. The van der Waals surface area contributed by atoms with Crippen molar-refractivity contribution in [2.45, 2.75) is 108 Å². The lowest BCUT2D eigenvalue weighted by atomic mass is 9.69. The Labute approximate surface area is 265 Å². The molecule has 8 nitrogen and oxygen atoms in total. The molecule has 0 saturated carbocycles. The van der Waals surface area contributed by atoms with E-state index in [2.05, 4.69) is 83.2 Å². The number of hydrogen-bond acceptors (Lipinski definition) is 6. The standard InChI is InChI=1S/C35H72N2O6/c1-29(2)35(11,26-33(6,7)8)28-43-31(41)16-20-36(12,17-14-18-37(13,21-23-38)22-24-39)19-15-30(40)42-27-34(9,10)25-32(3,4)5/h29,38-39H,14-28H2,1-13H3/q+2. The molecular formula is C35H72N2O6+2. The summed E-state index contributed by atoms with van der Waals surface area (Å²) in [5, 5.41) is 19.1. The lowest BCUT2D eigenvalue weighted by Crippen LogP contribution is -2.52. The lowest BCUT2D eigenvalue weighted by molar-refractivity contribution is -0.927. The molecule has 2 N–H and O–H groups in total. The molecule has 2 unspecified atom stereocenters. The number of likely N-dealkylation sites (N-methyl/N-ethyl adjacent to an activating group) is 1. The van der Waals surface area contributed by atoms with E-state index in [9.17, 15) is 19.8 Å². The van der Waals surface area contributed by atoms with Gasteiger partial charge in [0.1, 0.15) is 13.1 Å². The van der Waals surface area contributed by atoms with Gasteiger partial charge in [-0.2, -0.15) is 0 Å². The molecule has 8 heteroatoms. The van der Waals surface area contributed by atoms with Crippen molar-refractivity contribution >= 4 is 11.9 Å². The van der Waals surface area contributed by atoms with Crippen molar-refractivity contribution < 1.29 is 38.2 Å². The van der Waals surface area contributed by atoms with E-state index in [1.165, 1.54) is 0 Å². The van der Waals surface area contributed by atoms with Crippen LogP contribution >= 0.6 is 0 Å². The fourth-order valence-corrected chi connectivity index (χ4v) is 6.50. The molecule has 0 heterocycles. The van der Waals surface area contributed by atoms with Crippen LogP contribution in [-0.2, 0) is 19.1 Å². The summed E-state index contributed by atoms with van der Waals surface area (Å²) < 4.78 is 12.7. The Balaban J connectivity index is 5.42. The fourth-order valence-electron chi connectivity index (χ4n) is 6.50. The van der Waals surface area contributed by atoms with Crippen LogP contribution in [0.25, 0.3) is 0 Å². The molecule has 0 aromatic carbocycles. The molecule has 0 radical (unpaired) electrons. The average Bonchev–Trinajstić information content (AvgIpc) is 2.81. The van der Waals surface area contributed by atoms with Crippen molar-refractivity contribution in [3.8, 4) is 0 Å². The van der Waals surface area contributed by atoms with Gasteiger partial charge in [-0.1, -0.05) is 76.2 Å². The highest BCUT2D eigenvalue weighted by Gasteiger charge is 2.35. The number of aliphatic hydroxyl groups is 2. The lowest BCUT2D eigenvalue weighted by Gasteiger charge is -2.39. The molecule has 0 fully saturated rings. The molecule has 0 saturated heterocycles. The summed E-state index contributed by atoms with van der Waals surface area (Å²) in [5.74, 6) is -0.0203. The van der Waals surface area contributed by atoms with Gasteiger partial charge in [0, 0.05) is 11.8 Å². The smallest absolute Gasteiger partial charge is 0.311 e. The number of aliphatic hydroxyl groups excluding tert-OH is 2. The van der Waals surface area contributed by atoms with Crippen LogP contribution < -0.4 is 0 Å². The molecule has 0 aromatic rings. The molecule has 0 aromatic heterocycles. The Kier molecular flexibility index (Phi) is 17.0. The van der Waals surface area contributed by atoms with Gasteiger partial charge in [0.15, 0.2) is 0 Å². The topological polar surface area (TPSA) is 93.1 Å². The zero-order valence-corrected chi connectivity index (χ0v) is 30.6. The molecule has 0 rings (SSSR count). The van der Waals surface area contributed by atoms with Crippen LogP contribution in [0.1, 0.15) is 108 Å². The van der Waals surface area contributed by atoms with E-state index in [-0.39, 0.29) is 59.7 Å². The SMILES string of the molecule is CC(C)C(C)(COC(=O)CC[N+](C)(CCC[N+](C)(CCO)CCO)CCC(=O)OCC(C)(C)CC(C)(C)C)CC(C)(C)C. The number of esters is 2. The van der Waals surface area contributed by atoms with Gasteiger partial charge in [-0.15, -0.1) is 0 Å². The van der Waals surface area contributed by atoms with Gasteiger partial charge in [0.2, 0.25) is 0 Å². The van der Waals surface area contributed by atoms with Gasteiger partial charge >= 0.3 is 11.9 Å². The largest absolute Gasteiger partial charge is 0.465 e. The third-order valence-electron chi connectivity index (χ3n) is 8.91. The van der Waals surface area contributed by atoms with E-state index >= 15 is 0 Å². The molecule has 0 spiro atoms. The van der Waals surface area contributed by atoms with Crippen LogP contribution in [0.4, 0.5) is 0 Å². The van der Waals surface area contributed by atoms with Crippen LogP contribution in [0, 0.1) is 27.6 Å². The van der Waals surface area contributed by atoms with Crippen molar-refractivity contribution in [2.75, 3.05) is 79.8 Å². The highest BCUT2D eigenvalue weighted by Crippen LogP contribution is 2.39. The summed E-state index contributed by atoms with van der Waals surface area (Å²) in [7, 11) is 4.15. The van der Waals surface area contributed by atoms with Crippen LogP contribution in [-0.4, -0.2) is 111 Å². The molecule has 2 atom stereocenters. The molecule has 0 aliphatic carbocycles. The zero-order chi connectivity index (χ0) is 33.8. The second kappa shape index (κ2) is 17.5. The number of ether oxygens (including phenoxy) is 2.